The van der Waals surface area contributed by atoms with Crippen molar-refractivity contribution in [3.63, 3.8) is 0 Å². The summed E-state index contributed by atoms with van der Waals surface area (Å²) in [6.07, 6.45) is 6.41. The van der Waals surface area contributed by atoms with E-state index in [2.05, 4.69) is 18.3 Å². The SMILES string of the molecule is CCCC/C=C/C[C@H]1OC(C)(C)O[C@@H]1[C@@](COCOC)(NC(=O)c1ccccc1)C(=O)OC. The summed E-state index contributed by atoms with van der Waals surface area (Å²) in [5.74, 6) is -2.10. The normalized spacial score (nSPS) is 21.6. The van der Waals surface area contributed by atoms with Crippen molar-refractivity contribution >= 4 is 11.9 Å². The molecular weight excluding hydrogens is 426 g/mol. The van der Waals surface area contributed by atoms with Crippen LogP contribution in [0.2, 0.25) is 0 Å². The highest BCUT2D eigenvalue weighted by Crippen LogP contribution is 2.37. The summed E-state index contributed by atoms with van der Waals surface area (Å²) in [6, 6.07) is 8.63. The molecule has 0 aromatic heterocycles. The summed E-state index contributed by atoms with van der Waals surface area (Å²) in [6.45, 7) is 5.40. The van der Waals surface area contributed by atoms with E-state index in [1.54, 1.807) is 38.1 Å². The van der Waals surface area contributed by atoms with Crippen LogP contribution >= 0.6 is 0 Å². The Morgan fingerprint density at radius 1 is 1.15 bits per heavy atom. The number of hydrogen-bond acceptors (Lipinski definition) is 7. The number of methoxy groups -OCH3 is 2. The first-order valence-corrected chi connectivity index (χ1v) is 11.3. The monoisotopic (exact) mass is 463 g/mol. The van der Waals surface area contributed by atoms with E-state index in [9.17, 15) is 9.59 Å². The van der Waals surface area contributed by atoms with Gasteiger partial charge in [-0.3, -0.25) is 4.79 Å². The highest BCUT2D eigenvalue weighted by molar-refractivity contribution is 5.98. The Balaban J connectivity index is 2.41. The van der Waals surface area contributed by atoms with Crippen LogP contribution in [0.15, 0.2) is 42.5 Å². The van der Waals surface area contributed by atoms with Crippen molar-refractivity contribution in [2.45, 2.75) is 70.0 Å². The zero-order chi connectivity index (χ0) is 24.3. The van der Waals surface area contributed by atoms with E-state index in [1.807, 2.05) is 12.1 Å². The number of esters is 1. The first kappa shape index (κ1) is 27.0. The van der Waals surface area contributed by atoms with E-state index < -0.39 is 35.4 Å². The predicted molar refractivity (Wildman–Crippen MR) is 124 cm³/mol. The number of nitrogens with one attached hydrogen (secondary N) is 1. The molecule has 1 fully saturated rings. The standard InChI is InChI=1S/C25H37NO7/c1-6-7-8-9-13-16-20-21(33-24(2,3)32-20)25(23(28)30-5,17-31-18-29-4)26-22(27)19-14-11-10-12-15-19/h9-15,20-21H,6-8,16-18H2,1-5H3,(H,26,27)/b13-9+/t20-,21+,25-/m1/s1. The molecule has 0 spiro atoms. The van der Waals surface area contributed by atoms with E-state index in [1.165, 1.54) is 14.2 Å². The molecule has 1 aliphatic heterocycles. The molecule has 3 atom stereocenters. The van der Waals surface area contributed by atoms with E-state index in [0.29, 0.717) is 12.0 Å². The van der Waals surface area contributed by atoms with Crippen molar-refractivity contribution in [3.05, 3.63) is 48.0 Å². The van der Waals surface area contributed by atoms with Crippen molar-refractivity contribution in [2.24, 2.45) is 0 Å². The molecule has 8 heteroatoms. The molecule has 1 N–H and O–H groups in total. The fourth-order valence-corrected chi connectivity index (χ4v) is 3.84. The molecule has 1 amide bonds. The molecule has 0 saturated carbocycles. The number of rotatable bonds is 13. The van der Waals surface area contributed by atoms with Gasteiger partial charge in [-0.25, -0.2) is 4.79 Å². The van der Waals surface area contributed by atoms with Gasteiger partial charge in [-0.05, 0) is 38.8 Å². The molecule has 1 heterocycles. The third-order valence-electron chi connectivity index (χ3n) is 5.38. The molecule has 33 heavy (non-hydrogen) atoms. The lowest BCUT2D eigenvalue weighted by Gasteiger charge is -2.37. The molecule has 0 radical (unpaired) electrons. The minimum Gasteiger partial charge on any atom is -0.467 e. The second kappa shape index (κ2) is 12.8. The second-order valence-electron chi connectivity index (χ2n) is 8.48. The number of carbonyl (C=O) groups excluding carboxylic acids is 2. The first-order valence-electron chi connectivity index (χ1n) is 11.3. The highest BCUT2D eigenvalue weighted by Gasteiger charge is 2.58. The summed E-state index contributed by atoms with van der Waals surface area (Å²) in [5.41, 5.74) is -1.26. The van der Waals surface area contributed by atoms with Gasteiger partial charge < -0.3 is 29.0 Å². The minimum atomic E-state index is -1.66. The molecular formula is C25H37NO7. The van der Waals surface area contributed by atoms with Crippen LogP contribution in [-0.4, -0.2) is 63.0 Å². The van der Waals surface area contributed by atoms with E-state index in [4.69, 9.17) is 23.7 Å². The predicted octanol–water partition coefficient (Wildman–Crippen LogP) is 3.61. The maximum Gasteiger partial charge on any atom is 0.336 e. The topological polar surface area (TPSA) is 92.3 Å². The molecule has 1 aromatic carbocycles. The lowest BCUT2D eigenvalue weighted by molar-refractivity contribution is -0.175. The van der Waals surface area contributed by atoms with Gasteiger partial charge in [0.1, 0.15) is 12.9 Å². The van der Waals surface area contributed by atoms with Crippen LogP contribution in [0, 0.1) is 0 Å². The number of benzene rings is 1. The van der Waals surface area contributed by atoms with Crippen LogP contribution in [0.3, 0.4) is 0 Å². The lowest BCUT2D eigenvalue weighted by atomic mass is 9.87. The van der Waals surface area contributed by atoms with E-state index in [0.717, 1.165) is 19.3 Å². The van der Waals surface area contributed by atoms with Crippen LogP contribution in [0.4, 0.5) is 0 Å². The van der Waals surface area contributed by atoms with Gasteiger partial charge in [0.15, 0.2) is 11.3 Å². The fourth-order valence-electron chi connectivity index (χ4n) is 3.84. The largest absolute Gasteiger partial charge is 0.467 e. The Labute approximate surface area is 196 Å². The summed E-state index contributed by atoms with van der Waals surface area (Å²) >= 11 is 0. The number of allylic oxidation sites excluding steroid dienone is 1. The van der Waals surface area contributed by atoms with Gasteiger partial charge in [-0.1, -0.05) is 50.1 Å². The minimum absolute atomic E-state index is 0.0709. The molecule has 8 nitrogen and oxygen atoms in total. The number of hydrogen-bond donors (Lipinski definition) is 1. The third-order valence-corrected chi connectivity index (χ3v) is 5.38. The fraction of sp³-hybridized carbons (Fsp3) is 0.600. The van der Waals surface area contributed by atoms with Crippen molar-refractivity contribution in [2.75, 3.05) is 27.6 Å². The van der Waals surface area contributed by atoms with E-state index in [-0.39, 0.29) is 13.4 Å². The molecule has 0 unspecified atom stereocenters. The van der Waals surface area contributed by atoms with Gasteiger partial charge in [-0.15, -0.1) is 0 Å². The number of carbonyl (C=O) groups is 2. The van der Waals surface area contributed by atoms with Crippen molar-refractivity contribution < 1.29 is 33.3 Å². The smallest absolute Gasteiger partial charge is 0.336 e. The quantitative estimate of drug-likeness (QED) is 0.207. The Hall–Kier alpha value is -2.26. The maximum absolute atomic E-state index is 13.2. The molecule has 0 bridgehead atoms. The number of unbranched alkanes of at least 4 members (excludes halogenated alkanes) is 2. The van der Waals surface area contributed by atoms with Crippen LogP contribution in [0.5, 0.6) is 0 Å². The van der Waals surface area contributed by atoms with Crippen molar-refractivity contribution in [1.29, 1.82) is 0 Å². The zero-order valence-electron chi connectivity index (χ0n) is 20.3. The summed E-state index contributed by atoms with van der Waals surface area (Å²) < 4.78 is 28.1. The zero-order valence-corrected chi connectivity index (χ0v) is 20.3. The summed E-state index contributed by atoms with van der Waals surface area (Å²) in [4.78, 5) is 26.4. The number of ether oxygens (including phenoxy) is 5. The van der Waals surface area contributed by atoms with Gasteiger partial charge in [-0.2, -0.15) is 0 Å². The molecule has 2 rings (SSSR count). The average molecular weight is 464 g/mol. The number of amides is 1. The molecule has 184 valence electrons. The maximum atomic E-state index is 13.2. The van der Waals surface area contributed by atoms with Crippen LogP contribution < -0.4 is 5.32 Å². The van der Waals surface area contributed by atoms with Gasteiger partial charge >= 0.3 is 5.97 Å². The Kier molecular flexibility index (Phi) is 10.5. The molecule has 1 saturated heterocycles. The molecule has 1 aromatic rings. The van der Waals surface area contributed by atoms with Gasteiger partial charge in [0.2, 0.25) is 0 Å². The molecule has 0 aliphatic carbocycles. The van der Waals surface area contributed by atoms with Gasteiger partial charge in [0.25, 0.3) is 5.91 Å². The first-order chi connectivity index (χ1) is 15.8. The van der Waals surface area contributed by atoms with Crippen LogP contribution in [0.1, 0.15) is 56.8 Å². The van der Waals surface area contributed by atoms with Gasteiger partial charge in [0.05, 0.1) is 19.8 Å². The summed E-state index contributed by atoms with van der Waals surface area (Å²) in [7, 11) is 2.74. The van der Waals surface area contributed by atoms with E-state index >= 15 is 0 Å². The second-order valence-corrected chi connectivity index (χ2v) is 8.48. The Morgan fingerprint density at radius 2 is 1.88 bits per heavy atom. The van der Waals surface area contributed by atoms with Gasteiger partial charge in [0, 0.05) is 12.7 Å². The molecule has 1 aliphatic rings. The Bertz CT molecular complexity index is 780. The Morgan fingerprint density at radius 3 is 2.52 bits per heavy atom. The average Bonchev–Trinajstić information content (AvgIpc) is 3.12. The summed E-state index contributed by atoms with van der Waals surface area (Å²) in [5, 5.41) is 2.85. The van der Waals surface area contributed by atoms with Crippen LogP contribution in [-0.2, 0) is 28.5 Å². The van der Waals surface area contributed by atoms with Crippen molar-refractivity contribution in [3.8, 4) is 0 Å². The van der Waals surface area contributed by atoms with Crippen LogP contribution in [0.25, 0.3) is 0 Å². The van der Waals surface area contributed by atoms with Crippen molar-refractivity contribution in [1.82, 2.24) is 5.32 Å². The third kappa shape index (κ3) is 7.37. The highest BCUT2D eigenvalue weighted by atomic mass is 16.8. The lowest BCUT2D eigenvalue weighted by Crippen LogP contribution is -2.67.